The van der Waals surface area contributed by atoms with E-state index < -0.39 is 5.60 Å². The number of alkyl carbamates (subject to hydrolysis) is 1. The zero-order chi connectivity index (χ0) is 23.1. The second kappa shape index (κ2) is 10.9. The minimum Gasteiger partial charge on any atom is -0.444 e. The molecule has 0 saturated carbocycles. The van der Waals surface area contributed by atoms with Crippen LogP contribution in [0.25, 0.3) is 0 Å². The number of ether oxygens (including phenoxy) is 1. The number of rotatable bonds is 5. The Balaban J connectivity index is 1.54. The number of aromatic nitrogens is 1. The first kappa shape index (κ1) is 24.1. The van der Waals surface area contributed by atoms with Crippen LogP contribution in [0.3, 0.4) is 0 Å². The Hall–Kier alpha value is -2.51. The summed E-state index contributed by atoms with van der Waals surface area (Å²) in [5.41, 5.74) is 0.603. The summed E-state index contributed by atoms with van der Waals surface area (Å²) in [6.45, 7) is 15.1. The molecule has 2 N–H and O–H groups in total. The first-order chi connectivity index (χ1) is 15.2. The highest BCUT2D eigenvalue weighted by Crippen LogP contribution is 2.21. The standard InChI is InChI=1S/C24H40N6O2/c1-6-25-22(30-14-11-20(17-30)28-23(31)32-24(3,4)5)27-16-19-7-8-21(26-15-19)29-12-9-18(2)10-13-29/h7-8,15,18,20H,6,9-14,16-17H2,1-5H3,(H,25,27)(H,28,31). The fourth-order valence-electron chi connectivity index (χ4n) is 4.07. The lowest BCUT2D eigenvalue weighted by Crippen LogP contribution is -2.44. The predicted octanol–water partition coefficient (Wildman–Crippen LogP) is 3.38. The SMILES string of the molecule is CCNC(=NCc1ccc(N2CCC(C)CC2)nc1)N1CCC(NC(=O)OC(C)(C)C)C1. The van der Waals surface area contributed by atoms with Gasteiger partial charge in [-0.3, -0.25) is 0 Å². The molecule has 32 heavy (non-hydrogen) atoms. The van der Waals surface area contributed by atoms with Gasteiger partial charge in [0.2, 0.25) is 0 Å². The van der Waals surface area contributed by atoms with Gasteiger partial charge in [-0.05, 0) is 64.5 Å². The number of nitrogens with zero attached hydrogens (tertiary/aromatic N) is 4. The van der Waals surface area contributed by atoms with E-state index in [2.05, 4.69) is 51.4 Å². The number of carbonyl (C=O) groups is 1. The van der Waals surface area contributed by atoms with E-state index in [1.807, 2.05) is 27.0 Å². The van der Waals surface area contributed by atoms with Crippen molar-refractivity contribution in [3.8, 4) is 0 Å². The summed E-state index contributed by atoms with van der Waals surface area (Å²) in [5, 5.41) is 6.35. The number of carbonyl (C=O) groups excluding carboxylic acids is 1. The van der Waals surface area contributed by atoms with Crippen LogP contribution in [-0.2, 0) is 11.3 Å². The Morgan fingerprint density at radius 2 is 1.97 bits per heavy atom. The molecule has 2 aliphatic rings. The molecular formula is C24H40N6O2. The Bertz CT molecular complexity index is 766. The molecule has 0 aromatic carbocycles. The quantitative estimate of drug-likeness (QED) is 0.535. The predicted molar refractivity (Wildman–Crippen MR) is 129 cm³/mol. The van der Waals surface area contributed by atoms with E-state index in [-0.39, 0.29) is 12.1 Å². The first-order valence-corrected chi connectivity index (χ1v) is 12.0. The highest BCUT2D eigenvalue weighted by Gasteiger charge is 2.28. The van der Waals surface area contributed by atoms with Gasteiger partial charge in [-0.1, -0.05) is 13.0 Å². The lowest BCUT2D eigenvalue weighted by molar-refractivity contribution is 0.0507. The number of hydrogen-bond donors (Lipinski definition) is 2. The third-order valence-corrected chi connectivity index (χ3v) is 5.87. The molecule has 2 saturated heterocycles. The van der Waals surface area contributed by atoms with Crippen molar-refractivity contribution in [3.05, 3.63) is 23.9 Å². The smallest absolute Gasteiger partial charge is 0.407 e. The molecule has 0 radical (unpaired) electrons. The molecule has 3 rings (SSSR count). The lowest BCUT2D eigenvalue weighted by Gasteiger charge is -2.31. The normalized spacial score (nSPS) is 20.4. The van der Waals surface area contributed by atoms with Crippen LogP contribution >= 0.6 is 0 Å². The second-order valence-electron chi connectivity index (χ2n) is 9.94. The molecule has 1 aromatic heterocycles. The lowest BCUT2D eigenvalue weighted by atomic mass is 9.99. The van der Waals surface area contributed by atoms with Crippen LogP contribution in [0.5, 0.6) is 0 Å². The molecule has 0 bridgehead atoms. The Morgan fingerprint density at radius 3 is 2.59 bits per heavy atom. The maximum atomic E-state index is 12.1. The molecule has 8 heteroatoms. The van der Waals surface area contributed by atoms with Gasteiger partial charge in [-0.25, -0.2) is 14.8 Å². The largest absolute Gasteiger partial charge is 0.444 e. The van der Waals surface area contributed by atoms with Crippen molar-refractivity contribution in [1.82, 2.24) is 20.5 Å². The molecule has 2 aliphatic heterocycles. The Kier molecular flexibility index (Phi) is 8.21. The second-order valence-corrected chi connectivity index (χ2v) is 9.94. The average molecular weight is 445 g/mol. The van der Waals surface area contributed by atoms with E-state index >= 15 is 0 Å². The topological polar surface area (TPSA) is 82.1 Å². The molecule has 3 heterocycles. The van der Waals surface area contributed by atoms with Gasteiger partial charge in [0.05, 0.1) is 12.6 Å². The Morgan fingerprint density at radius 1 is 1.22 bits per heavy atom. The third-order valence-electron chi connectivity index (χ3n) is 5.87. The van der Waals surface area contributed by atoms with Crippen molar-refractivity contribution in [1.29, 1.82) is 0 Å². The molecule has 178 valence electrons. The molecule has 8 nitrogen and oxygen atoms in total. The average Bonchev–Trinajstić information content (AvgIpc) is 3.19. The number of likely N-dealkylation sites (tertiary alicyclic amines) is 1. The number of piperidine rings is 1. The summed E-state index contributed by atoms with van der Waals surface area (Å²) in [6, 6.07) is 4.30. The number of amides is 1. The van der Waals surface area contributed by atoms with Crippen molar-refractivity contribution < 1.29 is 9.53 Å². The summed E-state index contributed by atoms with van der Waals surface area (Å²) in [4.78, 5) is 26.2. The number of guanidine groups is 1. The van der Waals surface area contributed by atoms with Crippen molar-refractivity contribution in [2.45, 2.75) is 72.1 Å². The molecule has 2 fully saturated rings. The fraction of sp³-hybridized carbons (Fsp3) is 0.708. The summed E-state index contributed by atoms with van der Waals surface area (Å²) in [5.74, 6) is 2.75. The maximum absolute atomic E-state index is 12.1. The van der Waals surface area contributed by atoms with Crippen molar-refractivity contribution >= 4 is 17.9 Å². The fourth-order valence-corrected chi connectivity index (χ4v) is 4.07. The first-order valence-electron chi connectivity index (χ1n) is 12.0. The van der Waals surface area contributed by atoms with Crippen molar-refractivity contribution in [2.24, 2.45) is 10.9 Å². The minimum absolute atomic E-state index is 0.0573. The van der Waals surface area contributed by atoms with Gasteiger partial charge >= 0.3 is 6.09 Å². The summed E-state index contributed by atoms with van der Waals surface area (Å²) in [7, 11) is 0. The van der Waals surface area contributed by atoms with E-state index in [9.17, 15) is 4.79 Å². The number of hydrogen-bond acceptors (Lipinski definition) is 5. The van der Waals surface area contributed by atoms with Gasteiger partial charge in [0, 0.05) is 38.9 Å². The third kappa shape index (κ3) is 7.28. The van der Waals surface area contributed by atoms with Gasteiger partial charge in [-0.2, -0.15) is 0 Å². The highest BCUT2D eigenvalue weighted by molar-refractivity contribution is 5.80. The molecule has 1 unspecified atom stereocenters. The van der Waals surface area contributed by atoms with E-state index in [4.69, 9.17) is 9.73 Å². The monoisotopic (exact) mass is 444 g/mol. The van der Waals surface area contributed by atoms with Gasteiger partial charge < -0.3 is 25.2 Å². The molecular weight excluding hydrogens is 404 g/mol. The number of anilines is 1. The zero-order valence-corrected chi connectivity index (χ0v) is 20.4. The maximum Gasteiger partial charge on any atom is 0.407 e. The number of aliphatic imine (C=N–C) groups is 1. The zero-order valence-electron chi connectivity index (χ0n) is 20.4. The van der Waals surface area contributed by atoms with Crippen LogP contribution in [0.2, 0.25) is 0 Å². The van der Waals surface area contributed by atoms with Crippen LogP contribution in [-0.4, -0.2) is 66.3 Å². The van der Waals surface area contributed by atoms with Crippen LogP contribution in [0.4, 0.5) is 10.6 Å². The minimum atomic E-state index is -0.491. The molecule has 1 amide bonds. The highest BCUT2D eigenvalue weighted by atomic mass is 16.6. The van der Waals surface area contributed by atoms with Crippen LogP contribution in [0, 0.1) is 5.92 Å². The summed E-state index contributed by atoms with van der Waals surface area (Å²) in [6.07, 6.45) is 4.92. The van der Waals surface area contributed by atoms with Gasteiger partial charge in [0.15, 0.2) is 5.96 Å². The molecule has 0 spiro atoms. The van der Waals surface area contributed by atoms with Gasteiger partial charge in [-0.15, -0.1) is 0 Å². The van der Waals surface area contributed by atoms with E-state index in [1.54, 1.807) is 0 Å². The van der Waals surface area contributed by atoms with Crippen molar-refractivity contribution in [2.75, 3.05) is 37.6 Å². The van der Waals surface area contributed by atoms with E-state index in [0.29, 0.717) is 6.54 Å². The van der Waals surface area contributed by atoms with Gasteiger partial charge in [0.25, 0.3) is 0 Å². The van der Waals surface area contributed by atoms with Crippen LogP contribution in [0.1, 0.15) is 59.4 Å². The van der Waals surface area contributed by atoms with Gasteiger partial charge in [0.1, 0.15) is 11.4 Å². The Labute approximate surface area is 192 Å². The molecule has 1 aromatic rings. The summed E-state index contributed by atoms with van der Waals surface area (Å²) >= 11 is 0. The van der Waals surface area contributed by atoms with E-state index in [0.717, 1.165) is 62.4 Å². The summed E-state index contributed by atoms with van der Waals surface area (Å²) < 4.78 is 5.38. The number of nitrogens with one attached hydrogen (secondary N) is 2. The van der Waals surface area contributed by atoms with Crippen molar-refractivity contribution in [3.63, 3.8) is 0 Å². The van der Waals surface area contributed by atoms with Crippen LogP contribution in [0.15, 0.2) is 23.3 Å². The van der Waals surface area contributed by atoms with Crippen LogP contribution < -0.4 is 15.5 Å². The number of pyridine rings is 1. The molecule has 1 atom stereocenters. The molecule has 0 aliphatic carbocycles. The van der Waals surface area contributed by atoms with E-state index in [1.165, 1.54) is 12.8 Å².